The Kier molecular flexibility index (Phi) is 2.65. The van der Waals surface area contributed by atoms with Crippen molar-refractivity contribution < 1.29 is 4.79 Å². The summed E-state index contributed by atoms with van der Waals surface area (Å²) in [6, 6.07) is 0.0370. The van der Waals surface area contributed by atoms with Crippen LogP contribution in [0.3, 0.4) is 0 Å². The number of likely N-dealkylation sites (tertiary alicyclic amines) is 1. The molecule has 1 unspecified atom stereocenters. The molecule has 0 aliphatic carbocycles. The van der Waals surface area contributed by atoms with Crippen LogP contribution in [0, 0.1) is 0 Å². The van der Waals surface area contributed by atoms with Crippen LogP contribution in [0.25, 0.3) is 0 Å². The predicted molar refractivity (Wildman–Crippen MR) is 44.2 cm³/mol. The van der Waals surface area contributed by atoms with Gasteiger partial charge in [0.05, 0.1) is 6.04 Å². The number of amides is 1. The molecule has 1 rings (SSSR count). The highest BCUT2D eigenvalue weighted by molar-refractivity contribution is 5.84. The molecule has 1 saturated heterocycles. The Bertz CT molecular complexity index is 167. The second-order valence-corrected chi connectivity index (χ2v) is 2.70. The van der Waals surface area contributed by atoms with E-state index in [9.17, 15) is 4.79 Å². The molecule has 0 saturated carbocycles. The fraction of sp³-hybridized carbons (Fsp3) is 0.625. The fourth-order valence-corrected chi connectivity index (χ4v) is 1.34. The zero-order valence-electron chi connectivity index (χ0n) is 6.84. The van der Waals surface area contributed by atoms with Gasteiger partial charge in [-0.25, -0.2) is 0 Å². The lowest BCUT2D eigenvalue weighted by atomic mass is 10.3. The Morgan fingerprint density at radius 2 is 2.64 bits per heavy atom. The largest absolute Gasteiger partial charge is 0.338 e. The van der Waals surface area contributed by atoms with Gasteiger partial charge < -0.3 is 10.2 Å². The third kappa shape index (κ3) is 1.60. The molecule has 0 spiro atoms. The van der Waals surface area contributed by atoms with E-state index in [-0.39, 0.29) is 11.9 Å². The van der Waals surface area contributed by atoms with E-state index < -0.39 is 0 Å². The van der Waals surface area contributed by atoms with Gasteiger partial charge in [0.15, 0.2) is 0 Å². The second-order valence-electron chi connectivity index (χ2n) is 2.70. The summed E-state index contributed by atoms with van der Waals surface area (Å²) in [6.07, 6.45) is 2.68. The first-order valence-corrected chi connectivity index (χ1v) is 3.86. The minimum atomic E-state index is 0.0370. The summed E-state index contributed by atoms with van der Waals surface area (Å²) in [4.78, 5) is 13.2. The Morgan fingerprint density at radius 3 is 3.09 bits per heavy atom. The summed E-state index contributed by atoms with van der Waals surface area (Å²) >= 11 is 0. The Hall–Kier alpha value is -0.830. The molecule has 0 radical (unpaired) electrons. The number of hydrogen-bond acceptors (Lipinski definition) is 2. The lowest BCUT2D eigenvalue weighted by Crippen LogP contribution is -2.36. The van der Waals surface area contributed by atoms with Crippen molar-refractivity contribution in [3.8, 4) is 0 Å². The van der Waals surface area contributed by atoms with Crippen LogP contribution in [-0.2, 0) is 4.79 Å². The molecule has 1 N–H and O–H groups in total. The average Bonchev–Trinajstić information content (AvgIpc) is 2.34. The minimum absolute atomic E-state index is 0.0370. The summed E-state index contributed by atoms with van der Waals surface area (Å²) in [5.74, 6) is 0.201. The maximum atomic E-state index is 11.3. The average molecular weight is 154 g/mol. The van der Waals surface area contributed by atoms with E-state index in [1.807, 2.05) is 11.9 Å². The number of nitrogens with zero attached hydrogens (tertiary/aromatic N) is 1. The molecule has 1 aliphatic heterocycles. The van der Waals surface area contributed by atoms with Gasteiger partial charge in [0.2, 0.25) is 5.91 Å². The van der Waals surface area contributed by atoms with Crippen molar-refractivity contribution in [1.29, 1.82) is 0 Å². The number of carbonyl (C=O) groups excluding carboxylic acids is 1. The van der Waals surface area contributed by atoms with Gasteiger partial charge in [0, 0.05) is 13.1 Å². The van der Waals surface area contributed by atoms with Crippen LogP contribution in [0.5, 0.6) is 0 Å². The van der Waals surface area contributed by atoms with Crippen LogP contribution in [0.2, 0.25) is 0 Å². The topological polar surface area (TPSA) is 32.3 Å². The summed E-state index contributed by atoms with van der Waals surface area (Å²) in [6.45, 7) is 5.13. The van der Waals surface area contributed by atoms with Crippen LogP contribution in [-0.4, -0.2) is 37.0 Å². The molecule has 1 fully saturated rings. The molecule has 0 aromatic rings. The van der Waals surface area contributed by atoms with Gasteiger partial charge in [-0.1, -0.05) is 6.08 Å². The van der Waals surface area contributed by atoms with Gasteiger partial charge in [-0.2, -0.15) is 0 Å². The van der Waals surface area contributed by atoms with E-state index in [1.54, 1.807) is 6.08 Å². The Balaban J connectivity index is 2.48. The number of hydrogen-bond donors (Lipinski definition) is 1. The maximum Gasteiger partial charge on any atom is 0.240 e. The number of likely N-dealkylation sites (N-methyl/N-ethyl adjacent to an activating group) is 1. The molecule has 0 aromatic carbocycles. The van der Waals surface area contributed by atoms with E-state index in [4.69, 9.17) is 0 Å². The zero-order valence-corrected chi connectivity index (χ0v) is 6.84. The molecule has 62 valence electrons. The first-order chi connectivity index (χ1) is 5.29. The highest BCUT2D eigenvalue weighted by atomic mass is 16.2. The van der Waals surface area contributed by atoms with Crippen LogP contribution in [0.4, 0.5) is 0 Å². The molecule has 1 amide bonds. The lowest BCUT2D eigenvalue weighted by Gasteiger charge is -2.13. The SMILES string of the molecule is C=CCN1CCC(NC)C1=O. The molecule has 3 nitrogen and oxygen atoms in total. The van der Waals surface area contributed by atoms with Gasteiger partial charge in [-0.3, -0.25) is 4.79 Å². The smallest absolute Gasteiger partial charge is 0.240 e. The van der Waals surface area contributed by atoms with Crippen LogP contribution in [0.1, 0.15) is 6.42 Å². The van der Waals surface area contributed by atoms with Crippen molar-refractivity contribution in [3.05, 3.63) is 12.7 Å². The molecule has 0 aromatic heterocycles. The highest BCUT2D eigenvalue weighted by Gasteiger charge is 2.28. The monoisotopic (exact) mass is 154 g/mol. The number of rotatable bonds is 3. The van der Waals surface area contributed by atoms with Crippen molar-refractivity contribution >= 4 is 5.91 Å². The van der Waals surface area contributed by atoms with E-state index in [1.165, 1.54) is 0 Å². The van der Waals surface area contributed by atoms with Crippen molar-refractivity contribution in [1.82, 2.24) is 10.2 Å². The standard InChI is InChI=1S/C8H14N2O/c1-3-5-10-6-4-7(9-2)8(10)11/h3,7,9H,1,4-6H2,2H3. The third-order valence-electron chi connectivity index (χ3n) is 2.00. The molecule has 0 bridgehead atoms. The van der Waals surface area contributed by atoms with E-state index in [0.29, 0.717) is 6.54 Å². The van der Waals surface area contributed by atoms with E-state index >= 15 is 0 Å². The predicted octanol–water partition coefficient (Wildman–Crippen LogP) is -0.00730. The van der Waals surface area contributed by atoms with Gasteiger partial charge in [0.1, 0.15) is 0 Å². The normalized spacial score (nSPS) is 24.3. The molecule has 1 aliphatic rings. The molecular formula is C8H14N2O. The quantitative estimate of drug-likeness (QED) is 0.580. The van der Waals surface area contributed by atoms with E-state index in [2.05, 4.69) is 11.9 Å². The molecule has 1 heterocycles. The zero-order chi connectivity index (χ0) is 8.27. The Labute approximate surface area is 67.1 Å². The summed E-state index contributed by atoms with van der Waals surface area (Å²) in [7, 11) is 1.82. The van der Waals surface area contributed by atoms with Gasteiger partial charge in [-0.15, -0.1) is 6.58 Å². The lowest BCUT2D eigenvalue weighted by molar-refractivity contribution is -0.128. The third-order valence-corrected chi connectivity index (χ3v) is 2.00. The van der Waals surface area contributed by atoms with Crippen molar-refractivity contribution in [3.63, 3.8) is 0 Å². The van der Waals surface area contributed by atoms with Gasteiger partial charge >= 0.3 is 0 Å². The van der Waals surface area contributed by atoms with Crippen LogP contribution >= 0.6 is 0 Å². The van der Waals surface area contributed by atoms with Crippen molar-refractivity contribution in [2.45, 2.75) is 12.5 Å². The highest BCUT2D eigenvalue weighted by Crippen LogP contribution is 2.09. The van der Waals surface area contributed by atoms with E-state index in [0.717, 1.165) is 13.0 Å². The second kappa shape index (κ2) is 3.53. The summed E-state index contributed by atoms with van der Waals surface area (Å²) in [5.41, 5.74) is 0. The molecule has 3 heteroatoms. The molecule has 11 heavy (non-hydrogen) atoms. The minimum Gasteiger partial charge on any atom is -0.338 e. The first kappa shape index (κ1) is 8.27. The van der Waals surface area contributed by atoms with Crippen LogP contribution < -0.4 is 5.32 Å². The van der Waals surface area contributed by atoms with Gasteiger partial charge in [0.25, 0.3) is 0 Å². The van der Waals surface area contributed by atoms with Crippen molar-refractivity contribution in [2.75, 3.05) is 20.1 Å². The number of carbonyl (C=O) groups is 1. The first-order valence-electron chi connectivity index (χ1n) is 3.86. The molecule has 1 atom stereocenters. The summed E-state index contributed by atoms with van der Waals surface area (Å²) in [5, 5.41) is 2.98. The number of nitrogens with one attached hydrogen (secondary N) is 1. The summed E-state index contributed by atoms with van der Waals surface area (Å²) < 4.78 is 0. The Morgan fingerprint density at radius 1 is 1.91 bits per heavy atom. The maximum absolute atomic E-state index is 11.3. The molecular weight excluding hydrogens is 140 g/mol. The van der Waals surface area contributed by atoms with Crippen molar-refractivity contribution in [2.24, 2.45) is 0 Å². The van der Waals surface area contributed by atoms with Gasteiger partial charge in [-0.05, 0) is 13.5 Å². The van der Waals surface area contributed by atoms with Crippen LogP contribution in [0.15, 0.2) is 12.7 Å². The fourth-order valence-electron chi connectivity index (χ4n) is 1.34.